The van der Waals surface area contributed by atoms with Crippen molar-refractivity contribution >= 4 is 34.1 Å². The number of phenolic OH excluding ortho intramolecular Hbond substituents is 1. The Morgan fingerprint density at radius 2 is 1.85 bits per heavy atom. The molecule has 4 aromatic rings. The summed E-state index contributed by atoms with van der Waals surface area (Å²) in [7, 11) is 0. The molecule has 1 atom stereocenters. The number of phenols is 1. The SMILES string of the molecule is Cc1cc([C@@H](C)Nc2ccc(Cl)nc2-c2ccc(O)c(F)c2)c2oc(N3CCC(C)(C)CC3)c(C)c(=O)c2c1. The predicted octanol–water partition coefficient (Wildman–Crippen LogP) is 7.77. The number of aromatic hydroxyl groups is 1. The van der Waals surface area contributed by atoms with Crippen LogP contribution in [0, 0.1) is 25.1 Å². The van der Waals surface area contributed by atoms with E-state index in [1.165, 1.54) is 12.1 Å². The first-order valence-electron chi connectivity index (χ1n) is 13.2. The Kier molecular flexibility index (Phi) is 7.06. The van der Waals surface area contributed by atoms with Gasteiger partial charge in [-0.25, -0.2) is 9.37 Å². The molecule has 0 aliphatic carbocycles. The van der Waals surface area contributed by atoms with E-state index in [2.05, 4.69) is 29.0 Å². The number of aromatic nitrogens is 1. The number of anilines is 2. The fraction of sp³-hybridized carbons (Fsp3) is 0.355. The number of aryl methyl sites for hydroxylation is 1. The summed E-state index contributed by atoms with van der Waals surface area (Å²) in [5.41, 5.74) is 4.73. The third-order valence-corrected chi connectivity index (χ3v) is 7.90. The molecule has 0 saturated carbocycles. The molecule has 0 spiro atoms. The van der Waals surface area contributed by atoms with Gasteiger partial charge in [-0.3, -0.25) is 4.79 Å². The molecule has 2 aromatic carbocycles. The number of halogens is 2. The van der Waals surface area contributed by atoms with Crippen LogP contribution in [-0.2, 0) is 0 Å². The van der Waals surface area contributed by atoms with Crippen LogP contribution >= 0.6 is 11.6 Å². The van der Waals surface area contributed by atoms with E-state index >= 15 is 0 Å². The standard InChI is InChI=1S/C31H33ClFN3O3/c1-17-14-21(19(3)34-24-7-9-26(32)35-27(24)20-6-8-25(37)23(33)16-20)29-22(15-17)28(38)18(2)30(39-29)36-12-10-31(4,5)11-13-36/h6-9,14-16,19,34,37H,10-13H2,1-5H3/t19-/m1/s1. The van der Waals surface area contributed by atoms with Crippen molar-refractivity contribution in [3.05, 3.63) is 80.3 Å². The van der Waals surface area contributed by atoms with E-state index in [0.717, 1.165) is 37.1 Å². The number of nitrogens with zero attached hydrogens (tertiary/aromatic N) is 2. The van der Waals surface area contributed by atoms with Crippen LogP contribution < -0.4 is 15.6 Å². The quantitative estimate of drug-likeness (QED) is 0.248. The summed E-state index contributed by atoms with van der Waals surface area (Å²) in [5, 5.41) is 13.9. The lowest BCUT2D eigenvalue weighted by Crippen LogP contribution is -2.38. The molecule has 1 aliphatic rings. The van der Waals surface area contributed by atoms with Crippen molar-refractivity contribution in [2.75, 3.05) is 23.3 Å². The molecule has 0 unspecified atom stereocenters. The summed E-state index contributed by atoms with van der Waals surface area (Å²) >= 11 is 6.19. The first-order chi connectivity index (χ1) is 18.4. The van der Waals surface area contributed by atoms with Crippen molar-refractivity contribution in [3.63, 3.8) is 0 Å². The Hall–Kier alpha value is -3.58. The molecule has 2 aromatic heterocycles. The van der Waals surface area contributed by atoms with Gasteiger partial charge in [0.25, 0.3) is 0 Å². The fourth-order valence-corrected chi connectivity index (χ4v) is 5.38. The van der Waals surface area contributed by atoms with Gasteiger partial charge in [0, 0.05) is 24.2 Å². The smallest absolute Gasteiger partial charge is 0.202 e. The van der Waals surface area contributed by atoms with Gasteiger partial charge in [-0.2, -0.15) is 0 Å². The maximum Gasteiger partial charge on any atom is 0.202 e. The van der Waals surface area contributed by atoms with Gasteiger partial charge in [-0.1, -0.05) is 31.5 Å². The van der Waals surface area contributed by atoms with E-state index in [4.69, 9.17) is 16.0 Å². The topological polar surface area (TPSA) is 78.6 Å². The zero-order valence-electron chi connectivity index (χ0n) is 22.9. The van der Waals surface area contributed by atoms with Crippen molar-refractivity contribution < 1.29 is 13.9 Å². The van der Waals surface area contributed by atoms with Gasteiger partial charge < -0.3 is 19.7 Å². The highest BCUT2D eigenvalue weighted by Gasteiger charge is 2.29. The molecule has 2 N–H and O–H groups in total. The lowest BCUT2D eigenvalue weighted by atomic mass is 9.82. The molecule has 1 fully saturated rings. The molecule has 0 radical (unpaired) electrons. The summed E-state index contributed by atoms with van der Waals surface area (Å²) in [6, 6.07) is 11.1. The average molecular weight is 550 g/mol. The highest BCUT2D eigenvalue weighted by molar-refractivity contribution is 6.29. The number of piperidine rings is 1. The Bertz CT molecular complexity index is 1620. The second kappa shape index (κ2) is 10.2. The molecule has 3 heterocycles. The van der Waals surface area contributed by atoms with Gasteiger partial charge in [-0.15, -0.1) is 0 Å². The van der Waals surface area contributed by atoms with E-state index in [9.17, 15) is 14.3 Å². The van der Waals surface area contributed by atoms with Crippen LogP contribution in [0.3, 0.4) is 0 Å². The van der Waals surface area contributed by atoms with Crippen LogP contribution in [0.1, 0.15) is 56.3 Å². The third-order valence-electron chi connectivity index (χ3n) is 7.69. The van der Waals surface area contributed by atoms with E-state index in [0.29, 0.717) is 39.4 Å². The lowest BCUT2D eigenvalue weighted by molar-refractivity contribution is 0.274. The van der Waals surface area contributed by atoms with Crippen molar-refractivity contribution in [2.24, 2.45) is 5.41 Å². The number of pyridine rings is 1. The van der Waals surface area contributed by atoms with E-state index < -0.39 is 11.6 Å². The largest absolute Gasteiger partial charge is 0.505 e. The van der Waals surface area contributed by atoms with Crippen LogP contribution in [0.2, 0.25) is 5.15 Å². The first kappa shape index (κ1) is 27.0. The first-order valence-corrected chi connectivity index (χ1v) is 13.6. The van der Waals surface area contributed by atoms with E-state index in [-0.39, 0.29) is 22.0 Å². The molecule has 8 heteroatoms. The summed E-state index contributed by atoms with van der Waals surface area (Å²) in [5.74, 6) is -0.550. The molecule has 5 rings (SSSR count). The van der Waals surface area contributed by atoms with Crippen LogP contribution in [0.25, 0.3) is 22.2 Å². The monoisotopic (exact) mass is 549 g/mol. The molecule has 204 valence electrons. The van der Waals surface area contributed by atoms with Crippen molar-refractivity contribution in [3.8, 4) is 17.0 Å². The van der Waals surface area contributed by atoms with Crippen LogP contribution in [0.5, 0.6) is 5.75 Å². The minimum atomic E-state index is -0.747. The maximum absolute atomic E-state index is 14.2. The van der Waals surface area contributed by atoms with Crippen molar-refractivity contribution in [1.82, 2.24) is 4.98 Å². The summed E-state index contributed by atoms with van der Waals surface area (Å²) in [6.07, 6.45) is 2.05. The number of hydrogen-bond acceptors (Lipinski definition) is 6. The van der Waals surface area contributed by atoms with E-state index in [1.807, 2.05) is 32.9 Å². The average Bonchev–Trinajstić information content (AvgIpc) is 2.89. The maximum atomic E-state index is 14.2. The van der Waals surface area contributed by atoms with Crippen LogP contribution in [0.4, 0.5) is 16.0 Å². The molecule has 1 saturated heterocycles. The van der Waals surface area contributed by atoms with Gasteiger partial charge in [0.2, 0.25) is 5.88 Å². The summed E-state index contributed by atoms with van der Waals surface area (Å²) < 4.78 is 20.7. The Labute approximate surface area is 232 Å². The van der Waals surface area contributed by atoms with Crippen molar-refractivity contribution in [1.29, 1.82) is 0 Å². The van der Waals surface area contributed by atoms with Gasteiger partial charge in [0.1, 0.15) is 10.7 Å². The van der Waals surface area contributed by atoms with Crippen LogP contribution in [-0.4, -0.2) is 23.2 Å². The molecule has 39 heavy (non-hydrogen) atoms. The van der Waals surface area contributed by atoms with Gasteiger partial charge in [0.05, 0.1) is 28.4 Å². The highest BCUT2D eigenvalue weighted by atomic mass is 35.5. The highest BCUT2D eigenvalue weighted by Crippen LogP contribution is 2.37. The zero-order valence-corrected chi connectivity index (χ0v) is 23.6. The van der Waals surface area contributed by atoms with Crippen LogP contribution in [0.15, 0.2) is 51.7 Å². The Morgan fingerprint density at radius 1 is 1.13 bits per heavy atom. The molecule has 1 aliphatic heterocycles. The molecule has 0 amide bonds. The minimum Gasteiger partial charge on any atom is -0.505 e. The normalized spacial score (nSPS) is 15.9. The molecule has 6 nitrogen and oxygen atoms in total. The number of benzene rings is 2. The van der Waals surface area contributed by atoms with Gasteiger partial charge in [0.15, 0.2) is 17.0 Å². The van der Waals surface area contributed by atoms with E-state index in [1.54, 1.807) is 18.2 Å². The molecular formula is C31H33ClFN3O3. The number of nitrogens with one attached hydrogen (secondary N) is 1. The second-order valence-electron chi connectivity index (χ2n) is 11.3. The molecule has 0 bridgehead atoms. The van der Waals surface area contributed by atoms with Crippen molar-refractivity contribution in [2.45, 2.75) is 53.5 Å². The Balaban J connectivity index is 1.57. The fourth-order valence-electron chi connectivity index (χ4n) is 5.23. The third kappa shape index (κ3) is 5.33. The minimum absolute atomic E-state index is 0.0262. The number of fused-ring (bicyclic) bond motifs is 1. The number of hydrogen-bond donors (Lipinski definition) is 2. The number of rotatable bonds is 5. The zero-order chi connectivity index (χ0) is 28.1. The second-order valence-corrected chi connectivity index (χ2v) is 11.7. The summed E-state index contributed by atoms with van der Waals surface area (Å²) in [4.78, 5) is 20.2. The Morgan fingerprint density at radius 3 is 2.54 bits per heavy atom. The van der Waals surface area contributed by atoms with Gasteiger partial charge >= 0.3 is 0 Å². The van der Waals surface area contributed by atoms with Gasteiger partial charge in [-0.05, 0) is 81.0 Å². The lowest BCUT2D eigenvalue weighted by Gasteiger charge is -2.37. The summed E-state index contributed by atoms with van der Waals surface area (Å²) in [6.45, 7) is 12.0. The predicted molar refractivity (Wildman–Crippen MR) is 156 cm³/mol. The molecular weight excluding hydrogens is 517 g/mol.